The average molecular weight is 466 g/mol. The van der Waals surface area contributed by atoms with Gasteiger partial charge in [0, 0.05) is 21.8 Å². The summed E-state index contributed by atoms with van der Waals surface area (Å²) in [5.74, 6) is -0.998. The Bertz CT molecular complexity index is 999. The second kappa shape index (κ2) is 6.16. The molecule has 0 saturated carbocycles. The molecule has 2 atom stereocenters. The van der Waals surface area contributed by atoms with E-state index in [-0.39, 0.29) is 11.8 Å². The van der Waals surface area contributed by atoms with E-state index in [9.17, 15) is 15.0 Å². The number of carbonyl (C=O) groups excluding carboxylic acids is 1. The number of aliphatic carboxylic acids is 1. The van der Waals surface area contributed by atoms with Gasteiger partial charge in [-0.2, -0.15) is 0 Å². The highest BCUT2D eigenvalue weighted by molar-refractivity contribution is 9.11. The molecule has 1 aromatic heterocycles. The summed E-state index contributed by atoms with van der Waals surface area (Å²) in [6.45, 7) is 0. The fourth-order valence-electron chi connectivity index (χ4n) is 3.57. The van der Waals surface area contributed by atoms with E-state index in [1.165, 1.54) is 0 Å². The molecule has 3 aromatic rings. The van der Waals surface area contributed by atoms with Crippen molar-refractivity contribution in [3.8, 4) is 5.75 Å². The molecule has 4 rings (SSSR count). The van der Waals surface area contributed by atoms with Crippen LogP contribution in [0, 0.1) is 0 Å². The lowest BCUT2D eigenvalue weighted by Crippen LogP contribution is -2.95. The summed E-state index contributed by atoms with van der Waals surface area (Å²) in [7, 11) is 0. The number of benzene rings is 2. The Kier molecular flexibility index (Phi) is 4.10. The third kappa shape index (κ3) is 2.76. The molecule has 0 unspecified atom stereocenters. The molecule has 7 heteroatoms. The minimum absolute atomic E-state index is 0.105. The van der Waals surface area contributed by atoms with E-state index in [1.54, 1.807) is 11.4 Å². The van der Waals surface area contributed by atoms with Crippen LogP contribution in [0.4, 0.5) is 0 Å². The summed E-state index contributed by atoms with van der Waals surface area (Å²) in [5.41, 5.74) is 3.48. The van der Waals surface area contributed by atoms with Crippen LogP contribution in [0.5, 0.6) is 5.75 Å². The zero-order valence-electron chi connectivity index (χ0n) is 12.9. The van der Waals surface area contributed by atoms with Crippen LogP contribution < -0.4 is 10.4 Å². The highest BCUT2D eigenvalue weighted by Gasteiger charge is 2.36. The van der Waals surface area contributed by atoms with Crippen LogP contribution >= 0.6 is 31.9 Å². The maximum Gasteiger partial charge on any atom is 0.157 e. The molecule has 25 heavy (non-hydrogen) atoms. The predicted molar refractivity (Wildman–Crippen MR) is 98.1 cm³/mol. The Morgan fingerprint density at radius 3 is 2.80 bits per heavy atom. The Hall–Kier alpha value is -1.83. The molecule has 0 bridgehead atoms. The van der Waals surface area contributed by atoms with Crippen LogP contribution in [-0.2, 0) is 11.2 Å². The number of nitrogens with two attached hydrogens (primary N) is 1. The Labute approximate surface area is 160 Å². The van der Waals surface area contributed by atoms with E-state index in [4.69, 9.17) is 0 Å². The molecule has 0 radical (unpaired) electrons. The zero-order chi connectivity index (χ0) is 17.7. The van der Waals surface area contributed by atoms with E-state index >= 15 is 0 Å². The quantitative estimate of drug-likeness (QED) is 0.538. The van der Waals surface area contributed by atoms with Crippen molar-refractivity contribution in [2.24, 2.45) is 0 Å². The maximum atomic E-state index is 11.6. The number of hydrogen-bond donors (Lipinski definition) is 3. The van der Waals surface area contributed by atoms with Gasteiger partial charge >= 0.3 is 0 Å². The third-order valence-electron chi connectivity index (χ3n) is 4.70. The first kappa shape index (κ1) is 16.6. The van der Waals surface area contributed by atoms with Crippen molar-refractivity contribution in [3.63, 3.8) is 0 Å². The van der Waals surface area contributed by atoms with Crippen LogP contribution in [0.2, 0.25) is 0 Å². The van der Waals surface area contributed by atoms with Crippen LogP contribution in [0.15, 0.2) is 45.3 Å². The van der Waals surface area contributed by atoms with Crippen molar-refractivity contribution in [2.75, 3.05) is 0 Å². The molecule has 0 fully saturated rings. The van der Waals surface area contributed by atoms with Crippen molar-refractivity contribution >= 4 is 48.7 Å². The number of fused-ring (bicyclic) bond motifs is 3. The average Bonchev–Trinajstić information content (AvgIpc) is 2.96. The van der Waals surface area contributed by atoms with Crippen molar-refractivity contribution in [1.29, 1.82) is 0 Å². The Balaban J connectivity index is 1.96. The van der Waals surface area contributed by atoms with Gasteiger partial charge in [0.1, 0.15) is 11.8 Å². The topological polar surface area (TPSA) is 92.8 Å². The van der Waals surface area contributed by atoms with E-state index in [2.05, 4.69) is 36.8 Å². The lowest BCUT2D eigenvalue weighted by molar-refractivity contribution is -0.717. The van der Waals surface area contributed by atoms with Crippen molar-refractivity contribution in [2.45, 2.75) is 18.5 Å². The monoisotopic (exact) mass is 464 g/mol. The number of hydrogen-bond acceptors (Lipinski definition) is 3. The number of aromatic amines is 1. The first-order valence-electron chi connectivity index (χ1n) is 7.79. The second-order valence-corrected chi connectivity index (χ2v) is 7.96. The Morgan fingerprint density at radius 2 is 2.04 bits per heavy atom. The second-order valence-electron chi connectivity index (χ2n) is 6.19. The van der Waals surface area contributed by atoms with Gasteiger partial charge in [-0.1, -0.05) is 34.1 Å². The molecule has 1 aliphatic heterocycles. The minimum Gasteiger partial charge on any atom is -0.544 e. The number of phenols is 1. The number of nitrogens with one attached hydrogen (secondary N) is 1. The summed E-state index contributed by atoms with van der Waals surface area (Å²) in [4.78, 5) is 15.0. The summed E-state index contributed by atoms with van der Waals surface area (Å²) in [5, 5.41) is 24.9. The molecule has 2 heterocycles. The smallest absolute Gasteiger partial charge is 0.157 e. The Morgan fingerprint density at radius 1 is 1.28 bits per heavy atom. The molecular weight excluding hydrogens is 452 g/mol. The summed E-state index contributed by atoms with van der Waals surface area (Å²) in [6.07, 6.45) is 0.383. The number of aromatic nitrogens is 1. The predicted octanol–water partition coefficient (Wildman–Crippen LogP) is 1.73. The zero-order valence-corrected chi connectivity index (χ0v) is 16.1. The summed E-state index contributed by atoms with van der Waals surface area (Å²) < 4.78 is 1.35. The number of aromatic hydroxyl groups is 1. The molecule has 0 aliphatic carbocycles. The lowest BCUT2D eigenvalue weighted by atomic mass is 9.90. The lowest BCUT2D eigenvalue weighted by Gasteiger charge is -2.29. The van der Waals surface area contributed by atoms with Gasteiger partial charge in [0.25, 0.3) is 0 Å². The number of para-hydroxylation sites is 1. The van der Waals surface area contributed by atoms with Gasteiger partial charge in [-0.05, 0) is 39.7 Å². The number of halogens is 2. The van der Waals surface area contributed by atoms with E-state index in [1.807, 2.05) is 30.3 Å². The number of phenolic OH excluding ortho intramolecular Hbond substituents is 1. The minimum atomic E-state index is -1.10. The summed E-state index contributed by atoms with van der Waals surface area (Å²) in [6, 6.07) is 10.3. The first-order chi connectivity index (χ1) is 12.0. The first-order valence-corrected chi connectivity index (χ1v) is 9.37. The van der Waals surface area contributed by atoms with Crippen molar-refractivity contribution < 1.29 is 20.3 Å². The van der Waals surface area contributed by atoms with Gasteiger partial charge < -0.3 is 25.3 Å². The molecule has 4 N–H and O–H groups in total. The highest BCUT2D eigenvalue weighted by Crippen LogP contribution is 2.39. The van der Waals surface area contributed by atoms with E-state index in [0.29, 0.717) is 16.5 Å². The molecule has 0 amide bonds. The number of carbonyl (C=O) groups is 1. The van der Waals surface area contributed by atoms with E-state index < -0.39 is 12.0 Å². The van der Waals surface area contributed by atoms with Crippen LogP contribution in [0.25, 0.3) is 10.9 Å². The number of quaternary nitrogens is 1. The van der Waals surface area contributed by atoms with Crippen LogP contribution in [-0.4, -0.2) is 22.1 Å². The normalized spacial score (nSPS) is 19.8. The van der Waals surface area contributed by atoms with Gasteiger partial charge in [0.15, 0.2) is 6.04 Å². The number of carboxylic acid groups (broad SMARTS) is 1. The molecule has 128 valence electrons. The third-order valence-corrected chi connectivity index (χ3v) is 5.76. The van der Waals surface area contributed by atoms with Gasteiger partial charge in [-0.15, -0.1) is 0 Å². The molecule has 0 saturated heterocycles. The number of carboxylic acids is 1. The highest BCUT2D eigenvalue weighted by atomic mass is 79.9. The van der Waals surface area contributed by atoms with Crippen molar-refractivity contribution in [1.82, 2.24) is 4.98 Å². The van der Waals surface area contributed by atoms with Gasteiger partial charge in [0.05, 0.1) is 21.7 Å². The van der Waals surface area contributed by atoms with Gasteiger partial charge in [-0.25, -0.2) is 0 Å². The number of rotatable bonds is 2. The van der Waals surface area contributed by atoms with Gasteiger partial charge in [-0.3, -0.25) is 0 Å². The molecule has 2 aromatic carbocycles. The maximum absolute atomic E-state index is 11.6. The fraction of sp³-hybridized carbons (Fsp3) is 0.167. The SMILES string of the molecule is O=C([O-])[C@H]1Cc2c([nH]c3ccccc23)[C@@H](c2cc(Br)cc(Br)c2O)[NH2+]1. The van der Waals surface area contributed by atoms with Crippen LogP contribution in [0.3, 0.4) is 0 Å². The van der Waals surface area contributed by atoms with Crippen molar-refractivity contribution in [3.05, 3.63) is 62.2 Å². The molecule has 5 nitrogen and oxygen atoms in total. The van der Waals surface area contributed by atoms with Crippen LogP contribution in [0.1, 0.15) is 22.9 Å². The molecule has 0 spiro atoms. The molecular formula is C18H14Br2N2O3. The molecule has 1 aliphatic rings. The van der Waals surface area contributed by atoms with Gasteiger partial charge in [0.2, 0.25) is 0 Å². The fourth-order valence-corrected chi connectivity index (χ4v) is 4.83. The largest absolute Gasteiger partial charge is 0.544 e. The summed E-state index contributed by atoms with van der Waals surface area (Å²) >= 11 is 6.79. The number of H-pyrrole nitrogens is 1. The standard InChI is InChI=1S/C18H14Br2N2O3/c19-8-5-11(17(23)12(20)6-8)16-15-10(7-14(22-16)18(24)25)9-3-1-2-4-13(9)21-15/h1-6,14,16,21-23H,7H2,(H,24,25)/t14-,16-/m1/s1. The van der Waals surface area contributed by atoms with E-state index in [0.717, 1.165) is 26.6 Å².